The van der Waals surface area contributed by atoms with Crippen LogP contribution in [0, 0.1) is 0 Å². The molecule has 0 bridgehead atoms. The molecule has 2 rings (SSSR count). The van der Waals surface area contributed by atoms with Gasteiger partial charge in [-0.05, 0) is 20.0 Å². The van der Waals surface area contributed by atoms with E-state index in [9.17, 15) is 13.5 Å². The summed E-state index contributed by atoms with van der Waals surface area (Å²) in [6, 6.07) is 1.57. The zero-order valence-corrected chi connectivity index (χ0v) is 12.2. The number of nitrogens with zero attached hydrogens (tertiary/aromatic N) is 3. The highest BCUT2D eigenvalue weighted by molar-refractivity contribution is 7.89. The van der Waals surface area contributed by atoms with Gasteiger partial charge in [0.15, 0.2) is 0 Å². The number of aromatic nitrogens is 1. The molecule has 0 amide bonds. The largest absolute Gasteiger partial charge is 0.390 e. The van der Waals surface area contributed by atoms with Crippen molar-refractivity contribution in [3.63, 3.8) is 0 Å². The standard InChI is InChI=1S/C12H21N3O3S/c1-3-14-9-12(8-11(14)10-16)19(17,18)15-6-4-13(2)5-7-15/h8-9,16H,3-7,10H2,1-2H3. The van der Waals surface area contributed by atoms with E-state index in [0.29, 0.717) is 25.3 Å². The Bertz CT molecular complexity index is 509. The van der Waals surface area contributed by atoms with Crippen molar-refractivity contribution < 1.29 is 13.5 Å². The van der Waals surface area contributed by atoms with Gasteiger partial charge in [0, 0.05) is 44.6 Å². The monoisotopic (exact) mass is 287 g/mol. The van der Waals surface area contributed by atoms with E-state index in [1.807, 2.05) is 14.0 Å². The summed E-state index contributed by atoms with van der Waals surface area (Å²) in [6.45, 7) is 4.96. The van der Waals surface area contributed by atoms with Crippen LogP contribution in [0.25, 0.3) is 0 Å². The topological polar surface area (TPSA) is 65.8 Å². The third-order valence-electron chi connectivity index (χ3n) is 3.56. The van der Waals surface area contributed by atoms with Gasteiger partial charge in [0.1, 0.15) is 4.90 Å². The first kappa shape index (κ1) is 14.5. The summed E-state index contributed by atoms with van der Waals surface area (Å²) >= 11 is 0. The molecule has 0 aromatic carbocycles. The Hall–Kier alpha value is -0.890. The summed E-state index contributed by atoms with van der Waals surface area (Å²) in [7, 11) is -1.45. The van der Waals surface area contributed by atoms with Gasteiger partial charge in [-0.3, -0.25) is 0 Å². The quantitative estimate of drug-likeness (QED) is 0.842. The van der Waals surface area contributed by atoms with E-state index in [-0.39, 0.29) is 11.5 Å². The smallest absolute Gasteiger partial charge is 0.244 e. The maximum Gasteiger partial charge on any atom is 0.244 e. The first-order valence-corrected chi connectivity index (χ1v) is 7.91. The van der Waals surface area contributed by atoms with Crippen molar-refractivity contribution in [3.8, 4) is 0 Å². The molecule has 6 nitrogen and oxygen atoms in total. The van der Waals surface area contributed by atoms with Crippen LogP contribution in [0.2, 0.25) is 0 Å². The molecule has 1 aromatic heterocycles. The predicted molar refractivity (Wildman–Crippen MR) is 72.3 cm³/mol. The summed E-state index contributed by atoms with van der Waals surface area (Å²) in [5.41, 5.74) is 0.634. The molecule has 19 heavy (non-hydrogen) atoms. The van der Waals surface area contributed by atoms with Crippen LogP contribution in [0.15, 0.2) is 17.2 Å². The van der Waals surface area contributed by atoms with Crippen LogP contribution in [0.1, 0.15) is 12.6 Å². The van der Waals surface area contributed by atoms with Crippen LogP contribution in [0.4, 0.5) is 0 Å². The first-order chi connectivity index (χ1) is 8.98. The van der Waals surface area contributed by atoms with Gasteiger partial charge in [0.2, 0.25) is 10.0 Å². The summed E-state index contributed by atoms with van der Waals surface area (Å²) in [6.07, 6.45) is 1.61. The van der Waals surface area contributed by atoms with E-state index < -0.39 is 10.0 Å². The summed E-state index contributed by atoms with van der Waals surface area (Å²) < 4.78 is 28.3. The lowest BCUT2D eigenvalue weighted by atomic mass is 10.4. The Balaban J connectivity index is 2.26. The lowest BCUT2D eigenvalue weighted by molar-refractivity contribution is 0.222. The molecule has 108 valence electrons. The molecule has 1 aliphatic rings. The summed E-state index contributed by atoms with van der Waals surface area (Å²) in [5.74, 6) is 0. The molecule has 2 heterocycles. The average molecular weight is 287 g/mol. The van der Waals surface area contributed by atoms with Gasteiger partial charge in [-0.15, -0.1) is 0 Å². The number of piperazine rings is 1. The van der Waals surface area contributed by atoms with Gasteiger partial charge in [-0.1, -0.05) is 0 Å². The minimum Gasteiger partial charge on any atom is -0.390 e. The lowest BCUT2D eigenvalue weighted by Crippen LogP contribution is -2.46. The molecule has 1 fully saturated rings. The van der Waals surface area contributed by atoms with Gasteiger partial charge < -0.3 is 14.6 Å². The van der Waals surface area contributed by atoms with E-state index in [1.54, 1.807) is 16.8 Å². The van der Waals surface area contributed by atoms with Crippen molar-refractivity contribution in [2.24, 2.45) is 0 Å². The molecule has 7 heteroatoms. The molecule has 0 spiro atoms. The molecule has 1 saturated heterocycles. The zero-order valence-electron chi connectivity index (χ0n) is 11.4. The van der Waals surface area contributed by atoms with Gasteiger partial charge in [-0.2, -0.15) is 4.31 Å². The molecule has 1 N–H and O–H groups in total. The highest BCUT2D eigenvalue weighted by Crippen LogP contribution is 2.20. The van der Waals surface area contributed by atoms with E-state index >= 15 is 0 Å². The third-order valence-corrected chi connectivity index (χ3v) is 5.43. The first-order valence-electron chi connectivity index (χ1n) is 6.47. The molecule has 0 aliphatic carbocycles. The number of aliphatic hydroxyl groups is 1. The Labute approximate surface area is 114 Å². The van der Waals surface area contributed by atoms with Crippen molar-refractivity contribution in [3.05, 3.63) is 18.0 Å². The second-order valence-corrected chi connectivity index (χ2v) is 6.76. The predicted octanol–water partition coefficient (Wildman–Crippen LogP) is -0.0636. The number of likely N-dealkylation sites (N-methyl/N-ethyl adjacent to an activating group) is 1. The Morgan fingerprint density at radius 3 is 2.37 bits per heavy atom. The van der Waals surface area contributed by atoms with E-state index in [0.717, 1.165) is 13.1 Å². The Morgan fingerprint density at radius 2 is 1.89 bits per heavy atom. The van der Waals surface area contributed by atoms with Gasteiger partial charge >= 0.3 is 0 Å². The average Bonchev–Trinajstić information content (AvgIpc) is 2.83. The number of aliphatic hydroxyl groups excluding tert-OH is 1. The lowest BCUT2D eigenvalue weighted by Gasteiger charge is -2.31. The van der Waals surface area contributed by atoms with Crippen molar-refractivity contribution >= 4 is 10.0 Å². The minimum atomic E-state index is -3.43. The second-order valence-electron chi connectivity index (χ2n) is 4.82. The second kappa shape index (κ2) is 5.62. The fourth-order valence-corrected chi connectivity index (χ4v) is 3.76. The van der Waals surface area contributed by atoms with Crippen LogP contribution in [-0.2, 0) is 23.2 Å². The third kappa shape index (κ3) is 2.84. The number of rotatable bonds is 4. The Morgan fingerprint density at radius 1 is 1.26 bits per heavy atom. The molecule has 1 aliphatic heterocycles. The SMILES string of the molecule is CCn1cc(S(=O)(=O)N2CCN(C)CC2)cc1CO. The van der Waals surface area contributed by atoms with E-state index in [4.69, 9.17) is 0 Å². The molecule has 1 aromatic rings. The highest BCUT2D eigenvalue weighted by atomic mass is 32.2. The van der Waals surface area contributed by atoms with Crippen LogP contribution >= 0.6 is 0 Å². The van der Waals surface area contributed by atoms with Crippen molar-refractivity contribution in [2.75, 3.05) is 33.2 Å². The van der Waals surface area contributed by atoms with Crippen molar-refractivity contribution in [1.29, 1.82) is 0 Å². The summed E-state index contributed by atoms with van der Waals surface area (Å²) in [4.78, 5) is 2.39. The van der Waals surface area contributed by atoms with E-state index in [2.05, 4.69) is 4.90 Å². The molecule has 0 unspecified atom stereocenters. The molecular formula is C12H21N3O3S. The van der Waals surface area contributed by atoms with E-state index in [1.165, 1.54) is 4.31 Å². The number of hydrogen-bond acceptors (Lipinski definition) is 4. The zero-order chi connectivity index (χ0) is 14.0. The number of hydrogen-bond donors (Lipinski definition) is 1. The van der Waals surface area contributed by atoms with Crippen LogP contribution in [0.5, 0.6) is 0 Å². The molecule has 0 atom stereocenters. The van der Waals surface area contributed by atoms with Gasteiger partial charge in [0.25, 0.3) is 0 Å². The molecule has 0 radical (unpaired) electrons. The molecule has 0 saturated carbocycles. The van der Waals surface area contributed by atoms with Crippen molar-refractivity contribution in [1.82, 2.24) is 13.8 Å². The van der Waals surface area contributed by atoms with Crippen LogP contribution in [0.3, 0.4) is 0 Å². The Kier molecular flexibility index (Phi) is 4.29. The van der Waals surface area contributed by atoms with Gasteiger partial charge in [0.05, 0.1) is 6.61 Å². The normalized spacial score (nSPS) is 18.9. The fraction of sp³-hybridized carbons (Fsp3) is 0.667. The maximum atomic E-state index is 12.5. The van der Waals surface area contributed by atoms with Gasteiger partial charge in [-0.25, -0.2) is 8.42 Å². The highest BCUT2D eigenvalue weighted by Gasteiger charge is 2.28. The number of aryl methyl sites for hydroxylation is 1. The van der Waals surface area contributed by atoms with Crippen LogP contribution in [-0.4, -0.2) is 60.5 Å². The molecular weight excluding hydrogens is 266 g/mol. The van der Waals surface area contributed by atoms with Crippen LogP contribution < -0.4 is 0 Å². The van der Waals surface area contributed by atoms with Crippen molar-refractivity contribution in [2.45, 2.75) is 25.0 Å². The number of sulfonamides is 1. The summed E-state index contributed by atoms with van der Waals surface area (Å²) in [5, 5.41) is 9.24. The maximum absolute atomic E-state index is 12.5. The fourth-order valence-electron chi connectivity index (χ4n) is 2.27. The minimum absolute atomic E-state index is 0.147.